The van der Waals surface area contributed by atoms with Gasteiger partial charge in [0.1, 0.15) is 6.54 Å². The fourth-order valence-corrected chi connectivity index (χ4v) is 2.45. The fourth-order valence-electron chi connectivity index (χ4n) is 1.57. The van der Waals surface area contributed by atoms with Crippen molar-refractivity contribution in [2.45, 2.75) is 26.8 Å². The van der Waals surface area contributed by atoms with Crippen LogP contribution in [0.3, 0.4) is 0 Å². The highest BCUT2D eigenvalue weighted by molar-refractivity contribution is 7.14. The van der Waals surface area contributed by atoms with Crippen LogP contribution in [0, 0.1) is 6.92 Å². The Hall–Kier alpha value is -1.75. The molecule has 0 fully saturated rings. The highest BCUT2D eigenvalue weighted by atomic mass is 32.1. The Morgan fingerprint density at radius 2 is 2.22 bits per heavy atom. The fraction of sp³-hybridized carbons (Fsp3) is 0.308. The van der Waals surface area contributed by atoms with Crippen LogP contribution in [0.5, 0.6) is 0 Å². The summed E-state index contributed by atoms with van der Waals surface area (Å²) in [7, 11) is 0. The lowest BCUT2D eigenvalue weighted by molar-refractivity contribution is 0.0969. The Bertz CT molecular complexity index is 628. The normalized spacial score (nSPS) is 10.6. The predicted octanol–water partition coefficient (Wildman–Crippen LogP) is 2.06. The highest BCUT2D eigenvalue weighted by Gasteiger charge is 2.11. The van der Waals surface area contributed by atoms with E-state index in [1.165, 1.54) is 27.0 Å². The summed E-state index contributed by atoms with van der Waals surface area (Å²) in [6, 6.07) is 5.24. The van der Waals surface area contributed by atoms with E-state index in [1.807, 2.05) is 19.1 Å². The predicted molar refractivity (Wildman–Crippen MR) is 71.3 cm³/mol. The third kappa shape index (κ3) is 2.73. The molecule has 2 aromatic heterocycles. The van der Waals surface area contributed by atoms with E-state index in [9.17, 15) is 9.59 Å². The van der Waals surface area contributed by atoms with E-state index in [2.05, 4.69) is 5.10 Å². The number of Topliss-reactive ketones (excluding diaryl/α,β-unsaturated/α-hetero) is 1. The second-order valence-electron chi connectivity index (χ2n) is 4.07. The van der Waals surface area contributed by atoms with Gasteiger partial charge >= 0.3 is 0 Å². The van der Waals surface area contributed by atoms with Crippen molar-refractivity contribution >= 4 is 17.1 Å². The van der Waals surface area contributed by atoms with Gasteiger partial charge in [-0.05, 0) is 31.0 Å². The molecule has 0 aliphatic carbocycles. The van der Waals surface area contributed by atoms with Crippen LogP contribution < -0.4 is 5.56 Å². The van der Waals surface area contributed by atoms with E-state index in [4.69, 9.17) is 0 Å². The van der Waals surface area contributed by atoms with E-state index in [0.29, 0.717) is 4.88 Å². The number of nitrogens with zero attached hydrogens (tertiary/aromatic N) is 2. The van der Waals surface area contributed by atoms with Gasteiger partial charge in [0.2, 0.25) is 0 Å². The van der Waals surface area contributed by atoms with E-state index in [-0.39, 0.29) is 17.9 Å². The quantitative estimate of drug-likeness (QED) is 0.792. The molecule has 0 N–H and O–H groups in total. The standard InChI is InChI=1S/C13H14N2O2S/c1-3-10-4-5-12(18-10)11(16)8-15-13(17)6-9(2)7-14-15/h4-7H,3,8H2,1-2H3. The number of carbonyl (C=O) groups is 1. The van der Waals surface area contributed by atoms with Crippen molar-refractivity contribution in [3.63, 3.8) is 0 Å². The minimum Gasteiger partial charge on any atom is -0.291 e. The van der Waals surface area contributed by atoms with Gasteiger partial charge in [-0.3, -0.25) is 9.59 Å². The first-order chi connectivity index (χ1) is 8.60. The number of aryl methyl sites for hydroxylation is 2. The van der Waals surface area contributed by atoms with Gasteiger partial charge in [-0.2, -0.15) is 5.10 Å². The summed E-state index contributed by atoms with van der Waals surface area (Å²) in [4.78, 5) is 25.5. The number of ketones is 1. The van der Waals surface area contributed by atoms with Crippen molar-refractivity contribution in [3.05, 3.63) is 50.1 Å². The molecule has 0 unspecified atom stereocenters. The molecule has 4 nitrogen and oxygen atoms in total. The minimum atomic E-state index is -0.240. The summed E-state index contributed by atoms with van der Waals surface area (Å²) in [5.41, 5.74) is 0.559. The second-order valence-corrected chi connectivity index (χ2v) is 5.24. The molecule has 0 saturated carbocycles. The van der Waals surface area contributed by atoms with Crippen molar-refractivity contribution in [2.24, 2.45) is 0 Å². The van der Waals surface area contributed by atoms with Gasteiger partial charge in [-0.1, -0.05) is 6.92 Å². The summed E-state index contributed by atoms with van der Waals surface area (Å²) >= 11 is 1.48. The SMILES string of the molecule is CCc1ccc(C(=O)Cn2ncc(C)cc2=O)s1. The van der Waals surface area contributed by atoms with E-state index in [1.54, 1.807) is 13.1 Å². The zero-order valence-electron chi connectivity index (χ0n) is 10.3. The van der Waals surface area contributed by atoms with Gasteiger partial charge in [0.15, 0.2) is 5.78 Å². The number of rotatable bonds is 4. The molecule has 0 aliphatic rings. The topological polar surface area (TPSA) is 52.0 Å². The van der Waals surface area contributed by atoms with Crippen LogP contribution in [-0.2, 0) is 13.0 Å². The molecule has 0 bridgehead atoms. The highest BCUT2D eigenvalue weighted by Crippen LogP contribution is 2.17. The second kappa shape index (κ2) is 5.27. The van der Waals surface area contributed by atoms with Crippen LogP contribution >= 0.6 is 11.3 Å². The number of hydrogen-bond acceptors (Lipinski definition) is 4. The zero-order valence-corrected chi connectivity index (χ0v) is 11.2. The maximum atomic E-state index is 12.0. The van der Waals surface area contributed by atoms with Crippen molar-refractivity contribution in [1.82, 2.24) is 9.78 Å². The molecular weight excluding hydrogens is 248 g/mol. The average Bonchev–Trinajstić information content (AvgIpc) is 2.81. The lowest BCUT2D eigenvalue weighted by atomic mass is 10.3. The molecule has 0 aromatic carbocycles. The van der Waals surface area contributed by atoms with Gasteiger partial charge in [0, 0.05) is 10.9 Å². The first-order valence-corrected chi connectivity index (χ1v) is 6.57. The van der Waals surface area contributed by atoms with Crippen molar-refractivity contribution in [1.29, 1.82) is 0 Å². The molecule has 0 aliphatic heterocycles. The van der Waals surface area contributed by atoms with E-state index < -0.39 is 0 Å². The maximum absolute atomic E-state index is 12.0. The van der Waals surface area contributed by atoms with Crippen LogP contribution in [0.1, 0.15) is 27.0 Å². The largest absolute Gasteiger partial charge is 0.291 e. The Morgan fingerprint density at radius 3 is 2.83 bits per heavy atom. The molecule has 0 saturated heterocycles. The van der Waals surface area contributed by atoms with Gasteiger partial charge in [-0.15, -0.1) is 11.3 Å². The van der Waals surface area contributed by atoms with Crippen LogP contribution in [0.2, 0.25) is 0 Å². The Kier molecular flexibility index (Phi) is 3.72. The maximum Gasteiger partial charge on any atom is 0.267 e. The molecule has 94 valence electrons. The van der Waals surface area contributed by atoms with Crippen LogP contribution in [0.4, 0.5) is 0 Å². The Balaban J connectivity index is 2.18. The first kappa shape index (κ1) is 12.7. The number of thiophene rings is 1. The molecule has 2 heterocycles. The monoisotopic (exact) mass is 262 g/mol. The van der Waals surface area contributed by atoms with Gasteiger partial charge in [-0.25, -0.2) is 4.68 Å². The van der Waals surface area contributed by atoms with E-state index in [0.717, 1.165) is 12.0 Å². The van der Waals surface area contributed by atoms with Gasteiger partial charge in [0.25, 0.3) is 5.56 Å². The van der Waals surface area contributed by atoms with Crippen LogP contribution in [0.25, 0.3) is 0 Å². The third-order valence-corrected chi connectivity index (χ3v) is 3.86. The molecule has 18 heavy (non-hydrogen) atoms. The summed E-state index contributed by atoms with van der Waals surface area (Å²) in [5.74, 6) is -0.0712. The molecular formula is C13H14N2O2S. The Morgan fingerprint density at radius 1 is 1.44 bits per heavy atom. The molecule has 0 amide bonds. The number of carbonyl (C=O) groups excluding carboxylic acids is 1. The smallest absolute Gasteiger partial charge is 0.267 e. The molecule has 5 heteroatoms. The molecule has 2 rings (SSSR count). The molecule has 0 radical (unpaired) electrons. The third-order valence-electron chi connectivity index (χ3n) is 2.58. The van der Waals surface area contributed by atoms with Crippen molar-refractivity contribution < 1.29 is 4.79 Å². The molecule has 2 aromatic rings. The minimum absolute atomic E-state index is 0.00276. The van der Waals surface area contributed by atoms with Crippen LogP contribution in [0.15, 0.2) is 29.2 Å². The lowest BCUT2D eigenvalue weighted by Gasteiger charge is -2.02. The first-order valence-electron chi connectivity index (χ1n) is 5.76. The molecule has 0 atom stereocenters. The van der Waals surface area contributed by atoms with Crippen molar-refractivity contribution in [3.8, 4) is 0 Å². The zero-order chi connectivity index (χ0) is 13.1. The summed E-state index contributed by atoms with van der Waals surface area (Å²) in [6.45, 7) is 3.85. The lowest BCUT2D eigenvalue weighted by Crippen LogP contribution is -2.25. The molecule has 0 spiro atoms. The number of aromatic nitrogens is 2. The summed E-state index contributed by atoms with van der Waals surface area (Å²) in [5, 5.41) is 3.96. The van der Waals surface area contributed by atoms with Gasteiger partial charge < -0.3 is 0 Å². The number of hydrogen-bond donors (Lipinski definition) is 0. The van der Waals surface area contributed by atoms with Crippen molar-refractivity contribution in [2.75, 3.05) is 0 Å². The summed E-state index contributed by atoms with van der Waals surface area (Å²) < 4.78 is 1.20. The van der Waals surface area contributed by atoms with Crippen LogP contribution in [-0.4, -0.2) is 15.6 Å². The summed E-state index contributed by atoms with van der Waals surface area (Å²) in [6.07, 6.45) is 2.50. The van der Waals surface area contributed by atoms with Gasteiger partial charge in [0.05, 0.1) is 11.1 Å². The van der Waals surface area contributed by atoms with E-state index >= 15 is 0 Å². The average molecular weight is 262 g/mol. The Labute approximate surface area is 109 Å².